The van der Waals surface area contributed by atoms with Crippen LogP contribution in [-0.2, 0) is 13.2 Å². The van der Waals surface area contributed by atoms with Crippen molar-refractivity contribution in [3.8, 4) is 11.8 Å². The Balaban J connectivity index is 1.59. The minimum absolute atomic E-state index is 0.283. The number of nitriles is 1. The summed E-state index contributed by atoms with van der Waals surface area (Å²) in [7, 11) is 0. The summed E-state index contributed by atoms with van der Waals surface area (Å²) in [6, 6.07) is 27.0. The predicted molar refractivity (Wildman–Crippen MR) is 130 cm³/mol. The smallest absolute Gasteiger partial charge is 0.129 e. The summed E-state index contributed by atoms with van der Waals surface area (Å²) >= 11 is 12.5. The lowest BCUT2D eigenvalue weighted by Gasteiger charge is -2.13. The first kappa shape index (κ1) is 21.7. The van der Waals surface area contributed by atoms with Crippen molar-refractivity contribution in [1.29, 1.82) is 5.26 Å². The number of benzene rings is 4. The van der Waals surface area contributed by atoms with Crippen LogP contribution in [-0.4, -0.2) is 6.21 Å². The summed E-state index contributed by atoms with van der Waals surface area (Å²) in [4.78, 5) is 0. The maximum atomic E-state index is 9.33. The Hall–Kier alpha value is -3.52. The monoisotopic (exact) mass is 459 g/mol. The molecule has 4 rings (SSSR count). The summed E-state index contributed by atoms with van der Waals surface area (Å²) in [5, 5.41) is 17.0. The molecule has 0 aliphatic heterocycles. The Morgan fingerprint density at radius 2 is 1.66 bits per heavy atom. The van der Waals surface area contributed by atoms with E-state index >= 15 is 0 Å². The van der Waals surface area contributed by atoms with Gasteiger partial charge in [-0.05, 0) is 35.0 Å². The fourth-order valence-electron chi connectivity index (χ4n) is 3.38. The molecule has 0 radical (unpaired) electrons. The van der Waals surface area contributed by atoms with Crippen molar-refractivity contribution in [2.24, 2.45) is 5.10 Å². The molecule has 32 heavy (non-hydrogen) atoms. The summed E-state index contributed by atoms with van der Waals surface area (Å²) in [5.41, 5.74) is 6.08. The predicted octanol–water partition coefficient (Wildman–Crippen LogP) is 6.72. The van der Waals surface area contributed by atoms with E-state index in [4.69, 9.17) is 27.9 Å². The molecule has 0 heterocycles. The minimum Gasteiger partial charge on any atom is -0.488 e. The van der Waals surface area contributed by atoms with E-state index in [0.29, 0.717) is 27.9 Å². The third-order valence-electron chi connectivity index (χ3n) is 5.05. The molecule has 0 aromatic heterocycles. The Bertz CT molecular complexity index is 1310. The van der Waals surface area contributed by atoms with Crippen LogP contribution in [0.1, 0.15) is 22.3 Å². The van der Waals surface area contributed by atoms with Gasteiger partial charge in [0.05, 0.1) is 24.4 Å². The van der Waals surface area contributed by atoms with Gasteiger partial charge in [0, 0.05) is 26.7 Å². The van der Waals surface area contributed by atoms with Gasteiger partial charge in [-0.3, -0.25) is 0 Å². The summed E-state index contributed by atoms with van der Waals surface area (Å²) in [6.45, 7) is 0.678. The van der Waals surface area contributed by atoms with Gasteiger partial charge < -0.3 is 10.2 Å². The largest absolute Gasteiger partial charge is 0.488 e. The van der Waals surface area contributed by atoms with E-state index in [9.17, 15) is 5.26 Å². The highest BCUT2D eigenvalue weighted by molar-refractivity contribution is 6.35. The number of hydrogen-bond acceptors (Lipinski definition) is 4. The van der Waals surface area contributed by atoms with Crippen LogP contribution >= 0.6 is 23.2 Å². The first-order chi connectivity index (χ1) is 15.7. The van der Waals surface area contributed by atoms with Crippen LogP contribution in [0.3, 0.4) is 0 Å². The lowest BCUT2D eigenvalue weighted by molar-refractivity contribution is 0.306. The van der Waals surface area contributed by atoms with E-state index in [1.54, 1.807) is 24.4 Å². The maximum Gasteiger partial charge on any atom is 0.129 e. The van der Waals surface area contributed by atoms with Crippen LogP contribution in [0.4, 0.5) is 0 Å². The normalized spacial score (nSPS) is 10.9. The Kier molecular flexibility index (Phi) is 6.91. The van der Waals surface area contributed by atoms with Crippen molar-refractivity contribution in [2.75, 3.05) is 0 Å². The van der Waals surface area contributed by atoms with E-state index in [0.717, 1.165) is 27.5 Å². The lowest BCUT2D eigenvalue weighted by atomic mass is 10.0. The van der Waals surface area contributed by atoms with E-state index in [-0.39, 0.29) is 6.61 Å². The molecule has 0 spiro atoms. The van der Waals surface area contributed by atoms with Gasteiger partial charge in [-0.1, -0.05) is 77.8 Å². The molecule has 1 N–H and O–H groups in total. The fraction of sp³-hybridized carbons (Fsp3) is 0.0769. The average Bonchev–Trinajstić information content (AvgIpc) is 2.82. The zero-order valence-corrected chi connectivity index (χ0v) is 18.6. The Labute approximate surface area is 196 Å². The van der Waals surface area contributed by atoms with Crippen LogP contribution < -0.4 is 10.2 Å². The maximum absolute atomic E-state index is 9.33. The molecule has 0 unspecified atom stereocenters. The highest BCUT2D eigenvalue weighted by Gasteiger charge is 2.09. The number of fused-ring (bicyclic) bond motifs is 1. The van der Waals surface area contributed by atoms with Gasteiger partial charge in [-0.2, -0.15) is 10.4 Å². The summed E-state index contributed by atoms with van der Waals surface area (Å²) < 4.78 is 6.12. The van der Waals surface area contributed by atoms with Crippen molar-refractivity contribution in [3.05, 3.63) is 111 Å². The standard InChI is InChI=1S/C26H19Cl2N3O/c27-24-10-5-11-25(28)23(24)16-31-30-15-22-21-9-4-3-6-18(21)12-13-26(22)32-17-20-8-2-1-7-19(20)14-29/h1-13,15,31H,16-17H2/b30-15+. The molecule has 0 saturated carbocycles. The van der Waals surface area contributed by atoms with Crippen LogP contribution in [0.25, 0.3) is 10.8 Å². The van der Waals surface area contributed by atoms with Gasteiger partial charge in [0.25, 0.3) is 0 Å². The van der Waals surface area contributed by atoms with Gasteiger partial charge in [-0.25, -0.2) is 0 Å². The number of hydrogen-bond donors (Lipinski definition) is 1. The third kappa shape index (κ3) is 4.86. The first-order valence-electron chi connectivity index (χ1n) is 9.98. The quantitative estimate of drug-likeness (QED) is 0.246. The van der Waals surface area contributed by atoms with E-state index in [1.165, 1.54) is 0 Å². The molecule has 0 aliphatic rings. The molecule has 0 aliphatic carbocycles. The Morgan fingerprint density at radius 3 is 2.47 bits per heavy atom. The topological polar surface area (TPSA) is 57.4 Å². The second-order valence-electron chi connectivity index (χ2n) is 7.05. The molecular formula is C26H19Cl2N3O. The number of hydrazone groups is 1. The summed E-state index contributed by atoms with van der Waals surface area (Å²) in [6.07, 6.45) is 1.73. The van der Waals surface area contributed by atoms with Gasteiger partial charge in [0.1, 0.15) is 12.4 Å². The average molecular weight is 460 g/mol. The molecule has 4 aromatic rings. The van der Waals surface area contributed by atoms with Crippen molar-refractivity contribution in [2.45, 2.75) is 13.2 Å². The molecule has 0 amide bonds. The molecule has 4 aromatic carbocycles. The highest BCUT2D eigenvalue weighted by atomic mass is 35.5. The van der Waals surface area contributed by atoms with Crippen LogP contribution in [0.15, 0.2) is 84.0 Å². The molecule has 0 saturated heterocycles. The van der Waals surface area contributed by atoms with Crippen molar-refractivity contribution >= 4 is 40.2 Å². The zero-order valence-electron chi connectivity index (χ0n) is 17.1. The van der Waals surface area contributed by atoms with Gasteiger partial charge in [0.15, 0.2) is 0 Å². The number of halogens is 2. The number of nitrogens with one attached hydrogen (secondary N) is 1. The second-order valence-corrected chi connectivity index (χ2v) is 7.86. The van der Waals surface area contributed by atoms with Crippen molar-refractivity contribution < 1.29 is 4.74 Å². The first-order valence-corrected chi connectivity index (χ1v) is 10.7. The Morgan fingerprint density at radius 1 is 0.906 bits per heavy atom. The van der Waals surface area contributed by atoms with Crippen LogP contribution in [0.2, 0.25) is 10.0 Å². The number of ether oxygens (including phenoxy) is 1. The number of rotatable bonds is 7. The van der Waals surface area contributed by atoms with Crippen LogP contribution in [0.5, 0.6) is 5.75 Å². The van der Waals surface area contributed by atoms with Gasteiger partial charge in [0.2, 0.25) is 0 Å². The molecule has 0 atom stereocenters. The van der Waals surface area contributed by atoms with Crippen LogP contribution in [0, 0.1) is 11.3 Å². The highest BCUT2D eigenvalue weighted by Crippen LogP contribution is 2.28. The van der Waals surface area contributed by atoms with Crippen molar-refractivity contribution in [1.82, 2.24) is 5.43 Å². The molecule has 6 heteroatoms. The van der Waals surface area contributed by atoms with E-state index < -0.39 is 0 Å². The molecule has 4 nitrogen and oxygen atoms in total. The lowest BCUT2D eigenvalue weighted by Crippen LogP contribution is -2.07. The molecule has 0 fully saturated rings. The SMILES string of the molecule is N#Cc1ccccc1COc1ccc2ccccc2c1/C=N/NCc1c(Cl)cccc1Cl. The molecule has 158 valence electrons. The minimum atomic E-state index is 0.283. The van der Waals surface area contributed by atoms with E-state index in [1.807, 2.05) is 60.7 Å². The second kappa shape index (κ2) is 10.2. The zero-order chi connectivity index (χ0) is 22.3. The van der Waals surface area contributed by atoms with Crippen molar-refractivity contribution in [3.63, 3.8) is 0 Å². The molecular weight excluding hydrogens is 441 g/mol. The fourth-order valence-corrected chi connectivity index (χ4v) is 3.91. The van der Waals surface area contributed by atoms with Gasteiger partial charge in [-0.15, -0.1) is 0 Å². The summed E-state index contributed by atoms with van der Waals surface area (Å²) in [5.74, 6) is 0.678. The number of nitrogens with zero attached hydrogens (tertiary/aromatic N) is 2. The van der Waals surface area contributed by atoms with E-state index in [2.05, 4.69) is 16.6 Å². The third-order valence-corrected chi connectivity index (χ3v) is 5.76. The van der Waals surface area contributed by atoms with Gasteiger partial charge >= 0.3 is 0 Å². The molecule has 0 bridgehead atoms.